The lowest BCUT2D eigenvalue weighted by molar-refractivity contribution is -0.149. The van der Waals surface area contributed by atoms with Crippen molar-refractivity contribution in [3.05, 3.63) is 29.8 Å². The molecular formula is C50H75N5O20. The largest absolute Gasteiger partial charge is 0.481 e. The molecule has 4 amide bonds. The first-order valence-corrected chi connectivity index (χ1v) is 25.1. The number of carbonyl (C=O) groups is 12. The van der Waals surface area contributed by atoms with Crippen molar-refractivity contribution < 1.29 is 96.9 Å². The van der Waals surface area contributed by atoms with E-state index in [1.165, 1.54) is 0 Å². The van der Waals surface area contributed by atoms with Crippen LogP contribution >= 0.6 is 0 Å². The zero-order chi connectivity index (χ0) is 55.8. The number of carbonyl (C=O) groups excluding carboxylic acids is 8. The van der Waals surface area contributed by atoms with E-state index in [4.69, 9.17) is 24.1 Å². The van der Waals surface area contributed by atoms with Gasteiger partial charge in [0.1, 0.15) is 36.9 Å². The molecule has 0 heterocycles. The van der Waals surface area contributed by atoms with E-state index in [0.717, 1.165) is 25.1 Å². The maximum absolute atomic E-state index is 12.6. The molecule has 0 aliphatic heterocycles. The van der Waals surface area contributed by atoms with Gasteiger partial charge in [0.05, 0.1) is 39.0 Å². The van der Waals surface area contributed by atoms with E-state index >= 15 is 0 Å². The zero-order valence-corrected chi connectivity index (χ0v) is 42.7. The maximum Gasteiger partial charge on any atom is 0.372 e. The number of ketones is 4. The fourth-order valence-corrected chi connectivity index (χ4v) is 6.75. The fourth-order valence-electron chi connectivity index (χ4n) is 6.75. The lowest BCUT2D eigenvalue weighted by atomic mass is 9.94. The number of hydrogen-bond donors (Lipinski definition) is 9. The number of Topliss-reactive ketones (excluding diaryl/α,β-unsaturated/α-hetero) is 4. The van der Waals surface area contributed by atoms with Gasteiger partial charge in [0.25, 0.3) is 5.91 Å². The number of rotatable bonds is 48. The van der Waals surface area contributed by atoms with Gasteiger partial charge >= 0.3 is 23.9 Å². The molecule has 0 aliphatic rings. The number of nitrogens with one attached hydrogen (secondary N) is 5. The highest BCUT2D eigenvalue weighted by Gasteiger charge is 2.26. The summed E-state index contributed by atoms with van der Waals surface area (Å²) < 4.78 is 21.3. The minimum atomic E-state index is -1.57. The summed E-state index contributed by atoms with van der Waals surface area (Å²) in [6.45, 7) is 3.20. The third kappa shape index (κ3) is 34.4. The summed E-state index contributed by atoms with van der Waals surface area (Å²) in [5, 5.41) is 50.4. The molecule has 25 nitrogen and oxygen atoms in total. The molecule has 9 N–H and O–H groups in total. The van der Waals surface area contributed by atoms with Crippen molar-refractivity contribution >= 4 is 76.3 Å². The first kappa shape index (κ1) is 66.3. The van der Waals surface area contributed by atoms with E-state index in [2.05, 4.69) is 33.5 Å². The topological polar surface area (TPSA) is 383 Å². The zero-order valence-electron chi connectivity index (χ0n) is 42.7. The second-order valence-electron chi connectivity index (χ2n) is 17.3. The number of hydrogen-bond acceptors (Lipinski definition) is 17. The van der Waals surface area contributed by atoms with Crippen molar-refractivity contribution in [2.75, 3.05) is 77.8 Å². The molecule has 75 heavy (non-hydrogen) atoms. The smallest absolute Gasteiger partial charge is 0.372 e. The van der Waals surface area contributed by atoms with Gasteiger partial charge in [0.2, 0.25) is 23.5 Å². The monoisotopic (exact) mass is 1070 g/mol. The number of unbranched alkanes of at least 4 members (excludes halogenated alkanes) is 2. The summed E-state index contributed by atoms with van der Waals surface area (Å²) in [5.41, 5.74) is 1.47. The average Bonchev–Trinajstić information content (AvgIpc) is 3.36. The van der Waals surface area contributed by atoms with E-state index in [1.54, 1.807) is 12.1 Å². The summed E-state index contributed by atoms with van der Waals surface area (Å²) >= 11 is 0. The van der Waals surface area contributed by atoms with Gasteiger partial charge < -0.3 is 66.0 Å². The van der Waals surface area contributed by atoms with Gasteiger partial charge in [-0.15, -0.1) is 0 Å². The Labute approximate surface area is 435 Å². The van der Waals surface area contributed by atoms with Crippen LogP contribution < -0.4 is 26.6 Å². The molecule has 1 rings (SSSR count). The minimum absolute atomic E-state index is 0.0141. The first-order valence-electron chi connectivity index (χ1n) is 25.1. The predicted octanol–water partition coefficient (Wildman–Crippen LogP) is 1.86. The van der Waals surface area contributed by atoms with Gasteiger partial charge in [-0.05, 0) is 75.6 Å². The van der Waals surface area contributed by atoms with Crippen molar-refractivity contribution in [2.24, 2.45) is 5.92 Å². The van der Waals surface area contributed by atoms with E-state index in [0.29, 0.717) is 18.5 Å². The molecule has 0 saturated carbocycles. The molecule has 0 fully saturated rings. The van der Waals surface area contributed by atoms with Crippen LogP contribution in [-0.2, 0) is 71.7 Å². The number of carboxylic acid groups (broad SMARTS) is 4. The van der Waals surface area contributed by atoms with Crippen LogP contribution in [0.1, 0.15) is 126 Å². The van der Waals surface area contributed by atoms with Gasteiger partial charge in [-0.2, -0.15) is 0 Å². The van der Waals surface area contributed by atoms with E-state index < -0.39 is 84.2 Å². The molecule has 0 aliphatic carbocycles. The number of ether oxygens (including phenoxy) is 4. The highest BCUT2D eigenvalue weighted by atomic mass is 16.5. The first-order chi connectivity index (χ1) is 35.8. The molecule has 1 unspecified atom stereocenters. The van der Waals surface area contributed by atoms with E-state index in [1.807, 2.05) is 12.1 Å². The van der Waals surface area contributed by atoms with Crippen molar-refractivity contribution in [1.82, 2.24) is 21.3 Å². The normalized spacial score (nSPS) is 12.1. The van der Waals surface area contributed by atoms with Crippen LogP contribution in [0.5, 0.6) is 0 Å². The Bertz CT molecular complexity index is 2000. The van der Waals surface area contributed by atoms with Crippen LogP contribution in [0.25, 0.3) is 0 Å². The van der Waals surface area contributed by atoms with Crippen LogP contribution in [0.15, 0.2) is 24.3 Å². The van der Waals surface area contributed by atoms with Crippen molar-refractivity contribution in [2.45, 2.75) is 128 Å². The molecule has 0 saturated heterocycles. The fraction of sp³-hybridized carbons (Fsp3) is 0.640. The van der Waals surface area contributed by atoms with Gasteiger partial charge in [-0.3, -0.25) is 43.2 Å². The van der Waals surface area contributed by atoms with Crippen molar-refractivity contribution in [3.63, 3.8) is 0 Å². The summed E-state index contributed by atoms with van der Waals surface area (Å²) in [4.78, 5) is 143. The Hall–Kier alpha value is -6.70. The molecule has 0 bridgehead atoms. The molecule has 1 aromatic rings. The Balaban J connectivity index is 2.17. The Kier molecular flexibility index (Phi) is 35.9. The number of benzene rings is 1. The minimum Gasteiger partial charge on any atom is -0.481 e. The predicted molar refractivity (Wildman–Crippen MR) is 266 cm³/mol. The molecule has 420 valence electrons. The van der Waals surface area contributed by atoms with E-state index in [9.17, 15) is 72.9 Å². The van der Waals surface area contributed by atoms with Gasteiger partial charge in [0, 0.05) is 88.9 Å². The SMILES string of the molecule is CCCCNc1ccc(C(=O)NCCCC(=O)COCCOCCNC(=O)CCC(CC(=O)CC[C@H](NC(=O)COCCOCCCC(=O)CC[C@H](NC(=O)CCCCC(=O)C(=O)O)C(=O)O)C(=O)O)C(=O)O)cc1. The molecule has 25 heteroatoms. The van der Waals surface area contributed by atoms with Gasteiger partial charge in [-0.1, -0.05) is 13.3 Å². The third-order valence-electron chi connectivity index (χ3n) is 11.0. The number of amides is 4. The lowest BCUT2D eigenvalue weighted by Crippen LogP contribution is -2.42. The molecule has 3 atom stereocenters. The van der Waals surface area contributed by atoms with E-state index in [-0.39, 0.29) is 154 Å². The third-order valence-corrected chi connectivity index (χ3v) is 11.0. The second-order valence-corrected chi connectivity index (χ2v) is 17.3. The number of aliphatic carboxylic acids is 4. The Morgan fingerprint density at radius 1 is 0.480 bits per heavy atom. The second kappa shape index (κ2) is 40.7. The van der Waals surface area contributed by atoms with Crippen molar-refractivity contribution in [1.29, 1.82) is 0 Å². The Morgan fingerprint density at radius 3 is 1.69 bits per heavy atom. The average molecular weight is 1070 g/mol. The summed E-state index contributed by atoms with van der Waals surface area (Å²) in [7, 11) is 0. The Morgan fingerprint density at radius 2 is 1.07 bits per heavy atom. The van der Waals surface area contributed by atoms with Crippen LogP contribution in [-0.4, -0.2) is 176 Å². The molecule has 1 aromatic carbocycles. The van der Waals surface area contributed by atoms with Crippen LogP contribution in [0, 0.1) is 5.92 Å². The van der Waals surface area contributed by atoms with Crippen LogP contribution in [0.2, 0.25) is 0 Å². The van der Waals surface area contributed by atoms with Crippen LogP contribution in [0.3, 0.4) is 0 Å². The highest BCUT2D eigenvalue weighted by Crippen LogP contribution is 2.16. The molecule has 0 radical (unpaired) electrons. The van der Waals surface area contributed by atoms with Crippen molar-refractivity contribution in [3.8, 4) is 0 Å². The summed E-state index contributed by atoms with van der Waals surface area (Å²) in [5.74, 6) is -11.0. The lowest BCUT2D eigenvalue weighted by Gasteiger charge is -2.15. The number of anilines is 1. The standard InChI is InChI=1S/C50H75N5O20/c1-2-3-22-51-36-15-12-34(13-16-36)46(63)53-23-6-8-39(58)32-74-29-28-73-26-24-52-43(60)21-14-35(47(64)65)31-38(57)18-20-41(49(68)69)55-45(62)33-75-30-27-72-25-7-9-37(56)17-19-40(48(66)67)54-44(61)11-5-4-10-42(59)50(70)71/h12-13,15-16,35,40-41,51H,2-11,14,17-33H2,1H3,(H,52,60)(H,53,63)(H,54,61)(H,55,62)(H,64,65)(H,66,67)(H,68,69)(H,70,71)/t35?,40-,41-/m0/s1. The summed E-state index contributed by atoms with van der Waals surface area (Å²) in [6.07, 6.45) is 1.26. The van der Waals surface area contributed by atoms with Gasteiger partial charge in [-0.25, -0.2) is 14.4 Å². The van der Waals surface area contributed by atoms with Crippen LogP contribution in [0.4, 0.5) is 5.69 Å². The van der Waals surface area contributed by atoms with Gasteiger partial charge in [0.15, 0.2) is 5.78 Å². The number of carboxylic acids is 4. The molecule has 0 spiro atoms. The highest BCUT2D eigenvalue weighted by molar-refractivity contribution is 6.32. The summed E-state index contributed by atoms with van der Waals surface area (Å²) in [6, 6.07) is 4.38. The quantitative estimate of drug-likeness (QED) is 0.0332. The molecular weight excluding hydrogens is 991 g/mol. The molecule has 0 aromatic heterocycles. The maximum atomic E-state index is 12.6.